The molecule has 0 bridgehead atoms. The maximum absolute atomic E-state index is 12.3. The van der Waals surface area contributed by atoms with Crippen LogP contribution < -0.4 is 0 Å². The van der Waals surface area contributed by atoms with Crippen LogP contribution in [0.4, 0.5) is 0 Å². The zero-order chi connectivity index (χ0) is 13.6. The SMILES string of the molecule is CC(C)C1C2=C(CCCC2=O)OC2=C1C(=O)CCC2. The summed E-state index contributed by atoms with van der Waals surface area (Å²) in [6, 6.07) is 0. The van der Waals surface area contributed by atoms with Gasteiger partial charge in [-0.3, -0.25) is 9.59 Å². The van der Waals surface area contributed by atoms with Crippen molar-refractivity contribution >= 4 is 11.6 Å². The Labute approximate surface area is 113 Å². The monoisotopic (exact) mass is 260 g/mol. The smallest absolute Gasteiger partial charge is 0.162 e. The molecular formula is C16H20O3. The Hall–Kier alpha value is -1.38. The molecule has 1 heterocycles. The van der Waals surface area contributed by atoms with Crippen molar-refractivity contribution in [3.8, 4) is 0 Å². The number of allylic oxidation sites excluding steroid dienone is 4. The van der Waals surface area contributed by atoms with E-state index in [1.807, 2.05) is 0 Å². The zero-order valence-corrected chi connectivity index (χ0v) is 11.6. The topological polar surface area (TPSA) is 43.4 Å². The van der Waals surface area contributed by atoms with Gasteiger partial charge in [0.2, 0.25) is 0 Å². The lowest BCUT2D eigenvalue weighted by molar-refractivity contribution is -0.118. The van der Waals surface area contributed by atoms with Gasteiger partial charge < -0.3 is 4.74 Å². The molecule has 0 radical (unpaired) electrons. The Bertz CT molecular complexity index is 466. The Morgan fingerprint density at radius 1 is 0.895 bits per heavy atom. The van der Waals surface area contributed by atoms with Crippen molar-refractivity contribution in [3.63, 3.8) is 0 Å². The number of carbonyl (C=O) groups excluding carboxylic acids is 2. The van der Waals surface area contributed by atoms with Gasteiger partial charge in [0.05, 0.1) is 0 Å². The minimum atomic E-state index is -0.0284. The zero-order valence-electron chi connectivity index (χ0n) is 11.6. The Kier molecular flexibility index (Phi) is 3.08. The van der Waals surface area contributed by atoms with Crippen molar-refractivity contribution in [1.29, 1.82) is 0 Å². The first-order chi connectivity index (χ1) is 9.09. The highest BCUT2D eigenvalue weighted by Gasteiger charge is 2.41. The van der Waals surface area contributed by atoms with E-state index in [1.54, 1.807) is 0 Å². The van der Waals surface area contributed by atoms with Gasteiger partial charge >= 0.3 is 0 Å². The van der Waals surface area contributed by atoms with E-state index in [1.165, 1.54) is 0 Å². The maximum Gasteiger partial charge on any atom is 0.162 e. The number of rotatable bonds is 1. The van der Waals surface area contributed by atoms with Crippen molar-refractivity contribution in [2.24, 2.45) is 11.8 Å². The molecule has 3 nitrogen and oxygen atoms in total. The lowest BCUT2D eigenvalue weighted by Gasteiger charge is -2.37. The first kappa shape index (κ1) is 12.6. The Morgan fingerprint density at radius 2 is 1.37 bits per heavy atom. The van der Waals surface area contributed by atoms with Crippen molar-refractivity contribution in [1.82, 2.24) is 0 Å². The maximum atomic E-state index is 12.3. The normalized spacial score (nSPS) is 24.6. The van der Waals surface area contributed by atoms with Crippen LogP contribution in [0.3, 0.4) is 0 Å². The highest BCUT2D eigenvalue weighted by Crippen LogP contribution is 2.45. The van der Waals surface area contributed by atoms with Gasteiger partial charge in [-0.05, 0) is 18.8 Å². The lowest BCUT2D eigenvalue weighted by atomic mass is 9.71. The summed E-state index contributed by atoms with van der Waals surface area (Å²) in [5.74, 6) is 2.31. The standard InChI is InChI=1S/C16H20O3/c1-9(2)14-15-10(17)5-3-7-12(15)19-13-8-4-6-11(18)16(13)14/h9,14H,3-8H2,1-2H3. The first-order valence-electron chi connectivity index (χ1n) is 7.30. The molecule has 0 aromatic rings. The molecule has 0 amide bonds. The van der Waals surface area contributed by atoms with Crippen molar-refractivity contribution < 1.29 is 14.3 Å². The highest BCUT2D eigenvalue weighted by atomic mass is 16.5. The number of Topliss-reactive ketones (excluding diaryl/α,β-unsaturated/α-hetero) is 2. The van der Waals surface area contributed by atoms with Gasteiger partial charge in [0, 0.05) is 42.7 Å². The van der Waals surface area contributed by atoms with E-state index in [-0.39, 0.29) is 23.4 Å². The van der Waals surface area contributed by atoms with Crippen LogP contribution in [0, 0.1) is 11.8 Å². The lowest BCUT2D eigenvalue weighted by Crippen LogP contribution is -2.34. The number of hydrogen-bond acceptors (Lipinski definition) is 3. The molecule has 3 rings (SSSR count). The summed E-state index contributed by atoms with van der Waals surface area (Å²) in [6.45, 7) is 4.18. The molecule has 1 aliphatic heterocycles. The predicted molar refractivity (Wildman–Crippen MR) is 71.2 cm³/mol. The fourth-order valence-electron chi connectivity index (χ4n) is 3.53. The minimum absolute atomic E-state index is 0.0284. The summed E-state index contributed by atoms with van der Waals surface area (Å²) in [4.78, 5) is 24.5. The van der Waals surface area contributed by atoms with Crippen LogP contribution in [-0.2, 0) is 14.3 Å². The van der Waals surface area contributed by atoms with Gasteiger partial charge in [0.15, 0.2) is 11.6 Å². The molecule has 0 aromatic carbocycles. The molecule has 0 N–H and O–H groups in total. The summed E-state index contributed by atoms with van der Waals surface area (Å²) in [5.41, 5.74) is 1.60. The number of ketones is 2. The van der Waals surface area contributed by atoms with E-state index in [0.717, 1.165) is 48.3 Å². The molecule has 0 spiro atoms. The van der Waals surface area contributed by atoms with E-state index in [9.17, 15) is 9.59 Å². The largest absolute Gasteiger partial charge is 0.465 e. The van der Waals surface area contributed by atoms with Crippen LogP contribution >= 0.6 is 0 Å². The van der Waals surface area contributed by atoms with Crippen molar-refractivity contribution in [2.75, 3.05) is 0 Å². The molecule has 0 aromatic heterocycles. The average molecular weight is 260 g/mol. The van der Waals surface area contributed by atoms with E-state index in [4.69, 9.17) is 4.74 Å². The average Bonchev–Trinajstić information content (AvgIpc) is 2.37. The number of hydrogen-bond donors (Lipinski definition) is 0. The van der Waals surface area contributed by atoms with E-state index < -0.39 is 0 Å². The molecule has 0 saturated heterocycles. The van der Waals surface area contributed by atoms with Crippen molar-refractivity contribution in [3.05, 3.63) is 22.7 Å². The molecule has 0 unspecified atom stereocenters. The molecular weight excluding hydrogens is 240 g/mol. The third-order valence-electron chi connectivity index (χ3n) is 4.35. The quantitative estimate of drug-likeness (QED) is 0.726. The molecule has 3 aliphatic rings. The Morgan fingerprint density at radius 3 is 1.79 bits per heavy atom. The molecule has 3 heteroatoms. The van der Waals surface area contributed by atoms with Gasteiger partial charge in [-0.1, -0.05) is 13.8 Å². The number of carbonyl (C=O) groups is 2. The van der Waals surface area contributed by atoms with Gasteiger partial charge in [-0.2, -0.15) is 0 Å². The highest BCUT2D eigenvalue weighted by molar-refractivity contribution is 6.04. The van der Waals surface area contributed by atoms with Gasteiger partial charge in [-0.25, -0.2) is 0 Å². The fraction of sp³-hybridized carbons (Fsp3) is 0.625. The second kappa shape index (κ2) is 4.62. The second-order valence-corrected chi connectivity index (χ2v) is 6.05. The molecule has 19 heavy (non-hydrogen) atoms. The Balaban J connectivity index is 2.11. The van der Waals surface area contributed by atoms with Crippen LogP contribution in [-0.4, -0.2) is 11.6 Å². The minimum Gasteiger partial charge on any atom is -0.465 e. The van der Waals surface area contributed by atoms with Crippen LogP contribution in [0.15, 0.2) is 22.7 Å². The van der Waals surface area contributed by atoms with E-state index >= 15 is 0 Å². The fourth-order valence-corrected chi connectivity index (χ4v) is 3.53. The third-order valence-corrected chi connectivity index (χ3v) is 4.35. The van der Waals surface area contributed by atoms with E-state index in [2.05, 4.69) is 13.8 Å². The first-order valence-corrected chi connectivity index (χ1v) is 7.30. The summed E-state index contributed by atoms with van der Waals surface area (Å²) in [6.07, 6.45) is 4.63. The molecule has 0 atom stereocenters. The van der Waals surface area contributed by atoms with Crippen molar-refractivity contribution in [2.45, 2.75) is 52.4 Å². The molecule has 0 fully saturated rings. The molecule has 102 valence electrons. The summed E-state index contributed by atoms with van der Waals surface area (Å²) in [5, 5.41) is 0. The van der Waals surface area contributed by atoms with Crippen LogP contribution in [0.1, 0.15) is 52.4 Å². The second-order valence-electron chi connectivity index (χ2n) is 6.05. The van der Waals surface area contributed by atoms with E-state index in [0.29, 0.717) is 12.8 Å². The van der Waals surface area contributed by atoms with Crippen LogP contribution in [0.2, 0.25) is 0 Å². The van der Waals surface area contributed by atoms with Gasteiger partial charge in [0.1, 0.15) is 11.5 Å². The van der Waals surface area contributed by atoms with Gasteiger partial charge in [0.25, 0.3) is 0 Å². The summed E-state index contributed by atoms with van der Waals surface area (Å²) < 4.78 is 5.93. The van der Waals surface area contributed by atoms with Crippen LogP contribution in [0.25, 0.3) is 0 Å². The van der Waals surface area contributed by atoms with Crippen LogP contribution in [0.5, 0.6) is 0 Å². The summed E-state index contributed by atoms with van der Waals surface area (Å²) >= 11 is 0. The predicted octanol–water partition coefficient (Wildman–Crippen LogP) is 3.30. The summed E-state index contributed by atoms with van der Waals surface area (Å²) in [7, 11) is 0. The number of ether oxygens (including phenoxy) is 1. The molecule has 2 aliphatic carbocycles. The van der Waals surface area contributed by atoms with Gasteiger partial charge in [-0.15, -0.1) is 0 Å². The third kappa shape index (κ3) is 1.96. The molecule has 0 saturated carbocycles.